The van der Waals surface area contributed by atoms with Crippen molar-refractivity contribution in [3.63, 3.8) is 0 Å². The average molecular weight is 436 g/mol. The first kappa shape index (κ1) is 23.3. The number of aliphatic hydroxyl groups is 1. The van der Waals surface area contributed by atoms with E-state index < -0.39 is 6.10 Å². The summed E-state index contributed by atoms with van der Waals surface area (Å²) in [5.41, 5.74) is 0.557. The number of carbonyl (C=O) groups excluding carboxylic acids is 2. The predicted octanol–water partition coefficient (Wildman–Crippen LogP) is 1.75. The number of hydrogen-bond donors (Lipinski definition) is 3. The number of fused-ring (bicyclic) bond motifs is 1. The lowest BCUT2D eigenvalue weighted by molar-refractivity contribution is -0.149. The van der Waals surface area contributed by atoms with E-state index >= 15 is 0 Å². The van der Waals surface area contributed by atoms with Crippen molar-refractivity contribution in [2.45, 2.75) is 57.0 Å². The maximum absolute atomic E-state index is 13.2. The van der Waals surface area contributed by atoms with E-state index in [2.05, 4.69) is 10.6 Å². The number of hydrogen-bond acceptors (Lipinski definition) is 6. The Morgan fingerprint density at radius 3 is 2.84 bits per heavy atom. The summed E-state index contributed by atoms with van der Waals surface area (Å²) in [5, 5.41) is 16.0. The highest BCUT2D eigenvalue weighted by Crippen LogP contribution is 2.29. The maximum atomic E-state index is 13.2. The van der Waals surface area contributed by atoms with Crippen LogP contribution in [0, 0.1) is 0 Å². The van der Waals surface area contributed by atoms with E-state index in [0.29, 0.717) is 37.2 Å². The second-order valence-electron chi connectivity index (χ2n) is 7.97. The van der Waals surface area contributed by atoms with Crippen molar-refractivity contribution in [3.05, 3.63) is 24.3 Å². The molecule has 3 rings (SSSR count). The van der Waals surface area contributed by atoms with Crippen LogP contribution >= 0.6 is 0 Å². The number of benzene rings is 1. The molecule has 0 saturated carbocycles. The molecule has 0 aliphatic carbocycles. The van der Waals surface area contributed by atoms with Crippen LogP contribution in [-0.4, -0.2) is 79.7 Å². The van der Waals surface area contributed by atoms with Crippen LogP contribution in [0.2, 0.25) is 0 Å². The van der Waals surface area contributed by atoms with Gasteiger partial charge in [-0.3, -0.25) is 4.79 Å². The summed E-state index contributed by atoms with van der Waals surface area (Å²) in [5.74, 6) is 0.527. The van der Waals surface area contributed by atoms with Crippen LogP contribution in [0.1, 0.15) is 32.6 Å². The SMILES string of the molecule is CCCNC(=O)C[C@H]1CC[C@@H]2[C@H](COC[C@@H](O)CN2C(=O)Nc2ccccc2OC)O1. The zero-order valence-electron chi connectivity index (χ0n) is 18.2. The minimum absolute atomic E-state index is 0.0294. The van der Waals surface area contributed by atoms with Crippen molar-refractivity contribution in [3.8, 4) is 5.75 Å². The molecule has 3 N–H and O–H groups in total. The van der Waals surface area contributed by atoms with Gasteiger partial charge >= 0.3 is 6.03 Å². The Labute approximate surface area is 183 Å². The smallest absolute Gasteiger partial charge is 0.322 e. The summed E-state index contributed by atoms with van der Waals surface area (Å²) in [4.78, 5) is 26.9. The van der Waals surface area contributed by atoms with Crippen LogP contribution in [0.25, 0.3) is 0 Å². The molecule has 3 amide bonds. The van der Waals surface area contributed by atoms with Crippen LogP contribution in [0.5, 0.6) is 5.75 Å². The van der Waals surface area contributed by atoms with E-state index in [9.17, 15) is 14.7 Å². The number of β-amino-alcohol motifs (C(OH)–C–C–N with tert-alkyl or cyclic N) is 1. The first-order valence-corrected chi connectivity index (χ1v) is 10.9. The molecule has 2 aliphatic heterocycles. The molecular formula is C22H33N3O6. The fraction of sp³-hybridized carbons (Fsp3) is 0.636. The van der Waals surface area contributed by atoms with Crippen molar-refractivity contribution in [1.82, 2.24) is 10.2 Å². The third kappa shape index (κ3) is 6.32. The largest absolute Gasteiger partial charge is 0.495 e. The number of anilines is 1. The first-order chi connectivity index (χ1) is 15.0. The third-order valence-corrected chi connectivity index (χ3v) is 5.58. The van der Waals surface area contributed by atoms with E-state index in [0.717, 1.165) is 6.42 Å². The molecule has 0 unspecified atom stereocenters. The molecule has 0 aromatic heterocycles. The normalized spacial score (nSPS) is 26.2. The van der Waals surface area contributed by atoms with Gasteiger partial charge in [-0.05, 0) is 31.4 Å². The van der Waals surface area contributed by atoms with Gasteiger partial charge < -0.3 is 34.9 Å². The van der Waals surface area contributed by atoms with Gasteiger partial charge in [-0.25, -0.2) is 4.79 Å². The summed E-state index contributed by atoms with van der Waals surface area (Å²) in [6, 6.07) is 6.58. The van der Waals surface area contributed by atoms with Crippen LogP contribution < -0.4 is 15.4 Å². The second kappa shape index (κ2) is 11.3. The summed E-state index contributed by atoms with van der Waals surface area (Å²) >= 11 is 0. The Kier molecular flexibility index (Phi) is 8.51. The molecule has 2 saturated heterocycles. The summed E-state index contributed by atoms with van der Waals surface area (Å²) in [7, 11) is 1.55. The number of rotatable bonds is 6. The monoisotopic (exact) mass is 435 g/mol. The minimum Gasteiger partial charge on any atom is -0.495 e. The Bertz CT molecular complexity index is 746. The standard InChI is InChI=1S/C22H33N3O6/c1-3-10-23-21(27)11-16-8-9-18-20(31-16)14-30-13-15(26)12-25(18)22(28)24-17-6-4-5-7-19(17)29-2/h4-7,15-16,18,20,26H,3,8-14H2,1-2H3,(H,23,27)(H,24,28)/t15-,16+,18+,20-/m0/s1. The molecule has 2 aliphatic rings. The predicted molar refractivity (Wildman–Crippen MR) is 115 cm³/mol. The molecule has 2 fully saturated rings. The van der Waals surface area contributed by atoms with Crippen molar-refractivity contribution >= 4 is 17.6 Å². The Morgan fingerprint density at radius 1 is 1.26 bits per heavy atom. The van der Waals surface area contributed by atoms with Crippen LogP contribution in [0.15, 0.2) is 24.3 Å². The quantitative estimate of drug-likeness (QED) is 0.628. The van der Waals surface area contributed by atoms with Crippen molar-refractivity contribution in [2.75, 3.05) is 38.7 Å². The van der Waals surface area contributed by atoms with E-state index in [4.69, 9.17) is 14.2 Å². The fourth-order valence-corrected chi connectivity index (χ4v) is 4.05. The van der Waals surface area contributed by atoms with Gasteiger partial charge in [0.2, 0.25) is 5.91 Å². The highest BCUT2D eigenvalue weighted by molar-refractivity contribution is 5.91. The van der Waals surface area contributed by atoms with E-state index in [1.54, 1.807) is 24.1 Å². The van der Waals surface area contributed by atoms with Crippen molar-refractivity contribution in [2.24, 2.45) is 0 Å². The van der Waals surface area contributed by atoms with Gasteiger partial charge in [0.1, 0.15) is 11.9 Å². The zero-order chi connectivity index (χ0) is 22.2. The summed E-state index contributed by atoms with van der Waals surface area (Å²) < 4.78 is 17.1. The number of methoxy groups -OCH3 is 1. The molecule has 9 heteroatoms. The van der Waals surface area contributed by atoms with Gasteiger partial charge in [-0.2, -0.15) is 0 Å². The van der Waals surface area contributed by atoms with Crippen molar-refractivity contribution < 1.29 is 28.9 Å². The van der Waals surface area contributed by atoms with Gasteiger partial charge in [-0.15, -0.1) is 0 Å². The van der Waals surface area contributed by atoms with E-state index in [-0.39, 0.29) is 49.9 Å². The molecule has 0 bridgehead atoms. The van der Waals surface area contributed by atoms with Gasteiger partial charge in [0.25, 0.3) is 0 Å². The molecule has 9 nitrogen and oxygen atoms in total. The van der Waals surface area contributed by atoms with E-state index in [1.807, 2.05) is 19.1 Å². The number of nitrogens with zero attached hydrogens (tertiary/aromatic N) is 1. The van der Waals surface area contributed by atoms with Crippen LogP contribution in [0.4, 0.5) is 10.5 Å². The highest BCUT2D eigenvalue weighted by Gasteiger charge is 2.40. The molecule has 4 atom stereocenters. The summed E-state index contributed by atoms with van der Waals surface area (Å²) in [6.07, 6.45) is 1.11. The van der Waals surface area contributed by atoms with Gasteiger partial charge in [0.15, 0.2) is 0 Å². The number of nitrogens with one attached hydrogen (secondary N) is 2. The number of para-hydroxylation sites is 2. The van der Waals surface area contributed by atoms with Crippen molar-refractivity contribution in [1.29, 1.82) is 0 Å². The molecule has 31 heavy (non-hydrogen) atoms. The Hall–Kier alpha value is -2.36. The first-order valence-electron chi connectivity index (χ1n) is 10.9. The molecule has 1 aromatic rings. The lowest BCUT2D eigenvalue weighted by Crippen LogP contribution is -2.58. The molecular weight excluding hydrogens is 402 g/mol. The lowest BCUT2D eigenvalue weighted by Gasteiger charge is -2.44. The average Bonchev–Trinajstić information content (AvgIpc) is 2.75. The molecule has 1 aromatic carbocycles. The number of carbonyl (C=O) groups is 2. The van der Waals surface area contributed by atoms with Gasteiger partial charge in [0.05, 0.1) is 57.2 Å². The zero-order valence-corrected chi connectivity index (χ0v) is 18.2. The maximum Gasteiger partial charge on any atom is 0.322 e. The lowest BCUT2D eigenvalue weighted by atomic mass is 9.95. The molecule has 0 radical (unpaired) electrons. The fourth-order valence-electron chi connectivity index (χ4n) is 4.05. The minimum atomic E-state index is -0.790. The van der Waals surface area contributed by atoms with Gasteiger partial charge in [0, 0.05) is 6.54 Å². The third-order valence-electron chi connectivity index (χ3n) is 5.58. The summed E-state index contributed by atoms with van der Waals surface area (Å²) in [6.45, 7) is 3.16. The topological polar surface area (TPSA) is 109 Å². The van der Waals surface area contributed by atoms with E-state index in [1.165, 1.54) is 0 Å². The molecule has 172 valence electrons. The van der Waals surface area contributed by atoms with Crippen LogP contribution in [0.3, 0.4) is 0 Å². The second-order valence-corrected chi connectivity index (χ2v) is 7.97. The Morgan fingerprint density at radius 2 is 2.06 bits per heavy atom. The molecule has 0 spiro atoms. The number of urea groups is 1. The Balaban J connectivity index is 1.69. The number of amides is 3. The molecule has 2 heterocycles. The number of ether oxygens (including phenoxy) is 3. The number of aliphatic hydroxyl groups excluding tert-OH is 1. The highest BCUT2D eigenvalue weighted by atomic mass is 16.5. The van der Waals surface area contributed by atoms with Gasteiger partial charge in [-0.1, -0.05) is 19.1 Å². The van der Waals surface area contributed by atoms with Crippen LogP contribution in [-0.2, 0) is 14.3 Å².